The fraction of sp³-hybridized carbons (Fsp3) is 0.250. The molecule has 0 amide bonds. The van der Waals surface area contributed by atoms with Gasteiger partial charge in [0.25, 0.3) is 0 Å². The summed E-state index contributed by atoms with van der Waals surface area (Å²) in [7, 11) is 3.65. The van der Waals surface area contributed by atoms with Gasteiger partial charge >= 0.3 is 0 Å². The van der Waals surface area contributed by atoms with E-state index in [2.05, 4.69) is 47.0 Å². The van der Waals surface area contributed by atoms with Gasteiger partial charge < -0.3 is 10.1 Å². The summed E-state index contributed by atoms with van der Waals surface area (Å²) in [5, 5.41) is 4.10. The fourth-order valence-corrected chi connectivity index (χ4v) is 3.12. The largest absolute Gasteiger partial charge is 0.496 e. The minimum absolute atomic E-state index is 0.0513. The van der Waals surface area contributed by atoms with Gasteiger partial charge in [-0.05, 0) is 66.4 Å². The molecule has 0 aliphatic carbocycles. The van der Waals surface area contributed by atoms with E-state index in [9.17, 15) is 0 Å². The van der Waals surface area contributed by atoms with Gasteiger partial charge in [-0.15, -0.1) is 0 Å². The van der Waals surface area contributed by atoms with E-state index in [-0.39, 0.29) is 6.04 Å². The summed E-state index contributed by atoms with van der Waals surface area (Å²) in [5.41, 5.74) is 3.48. The van der Waals surface area contributed by atoms with Crippen molar-refractivity contribution in [1.29, 1.82) is 0 Å². The number of hydrogen-bond acceptors (Lipinski definition) is 2. The minimum Gasteiger partial charge on any atom is -0.496 e. The highest BCUT2D eigenvalue weighted by atomic mass is 127. The van der Waals surface area contributed by atoms with Crippen molar-refractivity contribution in [1.82, 2.24) is 5.32 Å². The van der Waals surface area contributed by atoms with E-state index in [1.807, 2.05) is 31.3 Å². The molecule has 0 saturated carbocycles. The first-order valence-electron chi connectivity index (χ1n) is 6.33. The zero-order chi connectivity index (χ0) is 14.7. The highest BCUT2D eigenvalue weighted by molar-refractivity contribution is 14.1. The average Bonchev–Trinajstić information content (AvgIpc) is 2.44. The van der Waals surface area contributed by atoms with Crippen LogP contribution < -0.4 is 10.1 Å². The lowest BCUT2D eigenvalue weighted by Gasteiger charge is -2.22. The van der Waals surface area contributed by atoms with Crippen LogP contribution in [0.15, 0.2) is 36.4 Å². The molecule has 2 rings (SSSR count). The molecule has 106 valence electrons. The van der Waals surface area contributed by atoms with E-state index >= 15 is 0 Å². The molecule has 4 heteroatoms. The first-order chi connectivity index (χ1) is 9.56. The van der Waals surface area contributed by atoms with Crippen LogP contribution in [0.25, 0.3) is 0 Å². The van der Waals surface area contributed by atoms with Crippen LogP contribution in [0.2, 0.25) is 5.02 Å². The van der Waals surface area contributed by atoms with Gasteiger partial charge in [-0.2, -0.15) is 0 Å². The molecule has 0 aliphatic heterocycles. The predicted molar refractivity (Wildman–Crippen MR) is 92.8 cm³/mol. The smallest absolute Gasteiger partial charge is 0.123 e. The van der Waals surface area contributed by atoms with E-state index < -0.39 is 0 Å². The molecule has 1 atom stereocenters. The predicted octanol–water partition coefficient (Wildman–Crippen LogP) is 4.57. The molecule has 0 heterocycles. The Morgan fingerprint density at radius 2 is 1.90 bits per heavy atom. The summed E-state index contributed by atoms with van der Waals surface area (Å²) in [6.07, 6.45) is 0. The molecule has 0 fully saturated rings. The topological polar surface area (TPSA) is 21.3 Å². The van der Waals surface area contributed by atoms with Crippen LogP contribution in [-0.4, -0.2) is 14.2 Å². The first kappa shape index (κ1) is 15.6. The lowest BCUT2D eigenvalue weighted by atomic mass is 9.96. The Hall–Kier alpha value is -0.780. The molecular weight excluding hydrogens is 385 g/mol. The molecule has 2 nitrogen and oxygen atoms in total. The highest BCUT2D eigenvalue weighted by Gasteiger charge is 2.19. The Morgan fingerprint density at radius 3 is 2.55 bits per heavy atom. The summed E-state index contributed by atoms with van der Waals surface area (Å²) in [6, 6.07) is 12.2. The second-order valence-corrected chi connectivity index (χ2v) is 6.23. The van der Waals surface area contributed by atoms with Gasteiger partial charge in [0.15, 0.2) is 0 Å². The quantitative estimate of drug-likeness (QED) is 0.758. The van der Waals surface area contributed by atoms with Gasteiger partial charge in [0.2, 0.25) is 0 Å². The van der Waals surface area contributed by atoms with E-state index in [4.69, 9.17) is 16.3 Å². The van der Waals surface area contributed by atoms with Crippen LogP contribution in [0.4, 0.5) is 0 Å². The molecule has 0 aromatic heterocycles. The number of hydrogen-bond donors (Lipinski definition) is 1. The molecule has 0 aliphatic rings. The number of ether oxygens (including phenoxy) is 1. The third kappa shape index (κ3) is 3.27. The van der Waals surface area contributed by atoms with Crippen molar-refractivity contribution in [2.75, 3.05) is 14.2 Å². The second kappa shape index (κ2) is 6.78. The summed E-state index contributed by atoms with van der Waals surface area (Å²) >= 11 is 8.48. The molecule has 2 aromatic rings. The van der Waals surface area contributed by atoms with Gasteiger partial charge in [0.05, 0.1) is 13.2 Å². The normalized spacial score (nSPS) is 12.2. The van der Waals surface area contributed by atoms with Crippen molar-refractivity contribution in [3.05, 3.63) is 61.7 Å². The van der Waals surface area contributed by atoms with Crippen molar-refractivity contribution in [3.63, 3.8) is 0 Å². The van der Waals surface area contributed by atoms with Crippen molar-refractivity contribution in [2.24, 2.45) is 0 Å². The highest BCUT2D eigenvalue weighted by Crippen LogP contribution is 2.34. The van der Waals surface area contributed by atoms with Gasteiger partial charge in [-0.3, -0.25) is 0 Å². The van der Waals surface area contributed by atoms with Gasteiger partial charge in [-0.1, -0.05) is 29.3 Å². The van der Waals surface area contributed by atoms with E-state index in [0.29, 0.717) is 0 Å². The maximum absolute atomic E-state index is 6.15. The maximum Gasteiger partial charge on any atom is 0.123 e. The number of benzene rings is 2. The van der Waals surface area contributed by atoms with Gasteiger partial charge in [0, 0.05) is 14.2 Å². The van der Waals surface area contributed by atoms with Crippen molar-refractivity contribution < 1.29 is 4.74 Å². The molecule has 0 radical (unpaired) electrons. The number of rotatable bonds is 4. The third-order valence-electron chi connectivity index (χ3n) is 3.25. The minimum atomic E-state index is 0.0513. The molecule has 0 saturated heterocycles. The van der Waals surface area contributed by atoms with Crippen molar-refractivity contribution >= 4 is 34.2 Å². The molecule has 1 N–H and O–H groups in total. The van der Waals surface area contributed by atoms with Crippen LogP contribution >= 0.6 is 34.2 Å². The van der Waals surface area contributed by atoms with Crippen LogP contribution in [0, 0.1) is 10.5 Å². The Morgan fingerprint density at radius 1 is 1.15 bits per heavy atom. The SMILES string of the molecule is CNC(c1cc(Cl)ccc1I)c1cc(C)ccc1OC. The molecular formula is C16H17ClINO. The number of methoxy groups -OCH3 is 1. The van der Waals surface area contributed by atoms with E-state index in [0.717, 1.165) is 21.9 Å². The zero-order valence-electron chi connectivity index (χ0n) is 11.7. The average molecular weight is 402 g/mol. The number of aryl methyl sites for hydroxylation is 1. The number of halogens is 2. The third-order valence-corrected chi connectivity index (χ3v) is 4.47. The fourth-order valence-electron chi connectivity index (χ4n) is 2.29. The van der Waals surface area contributed by atoms with Gasteiger partial charge in [-0.25, -0.2) is 0 Å². The zero-order valence-corrected chi connectivity index (χ0v) is 14.6. The standard InChI is InChI=1S/C16H17ClINO/c1-10-4-7-15(20-3)13(8-10)16(19-2)12-9-11(17)5-6-14(12)18/h4-9,16,19H,1-3H3. The molecule has 20 heavy (non-hydrogen) atoms. The lowest BCUT2D eigenvalue weighted by Crippen LogP contribution is -2.19. The van der Waals surface area contributed by atoms with Crippen LogP contribution in [-0.2, 0) is 0 Å². The van der Waals surface area contributed by atoms with Gasteiger partial charge in [0.1, 0.15) is 5.75 Å². The Labute approximate surface area is 138 Å². The molecule has 0 bridgehead atoms. The molecule has 2 aromatic carbocycles. The molecule has 0 spiro atoms. The van der Waals surface area contributed by atoms with Crippen LogP contribution in [0.1, 0.15) is 22.7 Å². The summed E-state index contributed by atoms with van der Waals surface area (Å²) in [5.74, 6) is 0.880. The second-order valence-electron chi connectivity index (χ2n) is 4.63. The maximum atomic E-state index is 6.15. The van der Waals surface area contributed by atoms with Crippen LogP contribution in [0.3, 0.4) is 0 Å². The first-order valence-corrected chi connectivity index (χ1v) is 7.79. The van der Waals surface area contributed by atoms with E-state index in [1.165, 1.54) is 9.13 Å². The summed E-state index contributed by atoms with van der Waals surface area (Å²) in [6.45, 7) is 2.08. The summed E-state index contributed by atoms with van der Waals surface area (Å²) in [4.78, 5) is 0. The van der Waals surface area contributed by atoms with E-state index in [1.54, 1.807) is 7.11 Å². The Kier molecular flexibility index (Phi) is 5.29. The summed E-state index contributed by atoms with van der Waals surface area (Å²) < 4.78 is 6.68. The van der Waals surface area contributed by atoms with Crippen molar-refractivity contribution in [2.45, 2.75) is 13.0 Å². The van der Waals surface area contributed by atoms with Crippen LogP contribution in [0.5, 0.6) is 5.75 Å². The lowest BCUT2D eigenvalue weighted by molar-refractivity contribution is 0.405. The Balaban J connectivity index is 2.57. The number of nitrogens with one attached hydrogen (secondary N) is 1. The monoisotopic (exact) mass is 401 g/mol. The molecule has 1 unspecified atom stereocenters. The van der Waals surface area contributed by atoms with Crippen molar-refractivity contribution in [3.8, 4) is 5.75 Å². The Bertz CT molecular complexity index is 615.